The first kappa shape index (κ1) is 20.0. The molecule has 0 spiro atoms. The Morgan fingerprint density at radius 1 is 1.00 bits per heavy atom. The number of ether oxygens (including phenoxy) is 2. The van der Waals surface area contributed by atoms with Gasteiger partial charge in [-0.15, -0.1) is 0 Å². The number of thioether (sulfide) groups is 1. The van der Waals surface area contributed by atoms with E-state index >= 15 is 0 Å². The number of rotatable bonds is 1. The van der Waals surface area contributed by atoms with Crippen LogP contribution in [0.25, 0.3) is 0 Å². The van der Waals surface area contributed by atoms with Crippen molar-refractivity contribution in [1.29, 1.82) is 0 Å². The molecule has 4 atom stereocenters. The average Bonchev–Trinajstić information content (AvgIpc) is 3.02. The fraction of sp³-hybridized carbons (Fsp3) is 0.895. The smallest absolute Gasteiger partial charge is 0.306 e. The number of amides is 1. The first-order valence-electron chi connectivity index (χ1n) is 10.1. The van der Waals surface area contributed by atoms with E-state index in [1.165, 1.54) is 32.1 Å². The van der Waals surface area contributed by atoms with E-state index in [-0.39, 0.29) is 29.8 Å². The standard InChI is InChI=1S/C19H31NO5S/c21-17-10-8-6-4-2-1-3-5-7-9-14-11-15(24-17)12-19(23,25-14)16-13-26-18(22)20-16/h14-16,23H,1-13H2,(H,20,22). The summed E-state index contributed by atoms with van der Waals surface area (Å²) in [6.07, 6.45) is 10.7. The van der Waals surface area contributed by atoms with E-state index in [0.29, 0.717) is 18.6 Å². The van der Waals surface area contributed by atoms with Gasteiger partial charge in [0.05, 0.1) is 12.1 Å². The van der Waals surface area contributed by atoms with Gasteiger partial charge in [-0.3, -0.25) is 9.59 Å². The zero-order valence-corrected chi connectivity index (χ0v) is 16.2. The highest BCUT2D eigenvalue weighted by Crippen LogP contribution is 2.36. The van der Waals surface area contributed by atoms with Crippen molar-refractivity contribution in [2.24, 2.45) is 0 Å². The highest BCUT2D eigenvalue weighted by molar-refractivity contribution is 8.14. The molecule has 3 aliphatic heterocycles. The van der Waals surface area contributed by atoms with Gasteiger partial charge in [0.25, 0.3) is 5.24 Å². The van der Waals surface area contributed by atoms with Gasteiger partial charge in [0.2, 0.25) is 0 Å². The summed E-state index contributed by atoms with van der Waals surface area (Å²) < 4.78 is 11.7. The zero-order chi connectivity index (χ0) is 18.4. The van der Waals surface area contributed by atoms with E-state index in [4.69, 9.17) is 9.47 Å². The van der Waals surface area contributed by atoms with Crippen molar-refractivity contribution in [2.45, 2.75) is 101 Å². The molecule has 0 aromatic carbocycles. The molecule has 26 heavy (non-hydrogen) atoms. The third-order valence-electron chi connectivity index (χ3n) is 5.59. The van der Waals surface area contributed by atoms with Gasteiger partial charge in [-0.2, -0.15) is 0 Å². The molecule has 148 valence electrons. The Kier molecular flexibility index (Phi) is 7.23. The van der Waals surface area contributed by atoms with Gasteiger partial charge >= 0.3 is 5.97 Å². The maximum absolute atomic E-state index is 12.2. The van der Waals surface area contributed by atoms with E-state index in [1.54, 1.807) is 0 Å². The van der Waals surface area contributed by atoms with Crippen LogP contribution in [-0.4, -0.2) is 46.1 Å². The molecule has 3 rings (SSSR count). The third-order valence-corrected chi connectivity index (χ3v) is 6.47. The molecule has 0 aliphatic carbocycles. The lowest BCUT2D eigenvalue weighted by atomic mass is 9.91. The maximum Gasteiger partial charge on any atom is 0.306 e. The second kappa shape index (κ2) is 9.42. The van der Waals surface area contributed by atoms with Gasteiger partial charge in [0.1, 0.15) is 6.10 Å². The van der Waals surface area contributed by atoms with Crippen LogP contribution in [0.3, 0.4) is 0 Å². The Labute approximate surface area is 159 Å². The van der Waals surface area contributed by atoms with Crippen LogP contribution in [-0.2, 0) is 14.3 Å². The normalized spacial score (nSPS) is 38.0. The highest BCUT2D eigenvalue weighted by Gasteiger charge is 2.49. The zero-order valence-electron chi connectivity index (χ0n) is 15.4. The molecule has 0 aromatic rings. The van der Waals surface area contributed by atoms with Crippen molar-refractivity contribution in [2.75, 3.05) is 5.75 Å². The number of esters is 1. The molecule has 6 nitrogen and oxygen atoms in total. The molecule has 1 amide bonds. The molecule has 3 fully saturated rings. The van der Waals surface area contributed by atoms with Crippen molar-refractivity contribution in [3.8, 4) is 0 Å². The molecule has 7 heteroatoms. The van der Waals surface area contributed by atoms with Crippen LogP contribution in [0.5, 0.6) is 0 Å². The van der Waals surface area contributed by atoms with Crippen LogP contribution in [0.4, 0.5) is 4.79 Å². The number of aliphatic hydroxyl groups is 1. The predicted octanol–water partition coefficient (Wildman–Crippen LogP) is 3.51. The Morgan fingerprint density at radius 2 is 1.69 bits per heavy atom. The summed E-state index contributed by atoms with van der Waals surface area (Å²) in [5.41, 5.74) is 0. The Bertz CT molecular complexity index is 502. The molecular weight excluding hydrogens is 354 g/mol. The Balaban J connectivity index is 1.66. The molecule has 0 aromatic heterocycles. The molecule has 3 heterocycles. The van der Waals surface area contributed by atoms with E-state index < -0.39 is 11.8 Å². The quantitative estimate of drug-likeness (QED) is 0.672. The summed E-state index contributed by atoms with van der Waals surface area (Å²) >= 11 is 1.16. The van der Waals surface area contributed by atoms with Gasteiger partial charge in [-0.05, 0) is 12.8 Å². The minimum Gasteiger partial charge on any atom is -0.462 e. The SMILES string of the molecule is O=C1CCCCCCCCCCC2CC(CC(O)(C3CSC(=O)N3)O2)O1. The molecule has 4 unspecified atom stereocenters. The van der Waals surface area contributed by atoms with Gasteiger partial charge in [-0.25, -0.2) is 0 Å². The Morgan fingerprint density at radius 3 is 2.38 bits per heavy atom. The first-order valence-corrected chi connectivity index (χ1v) is 11.1. The van der Waals surface area contributed by atoms with Gasteiger partial charge in [0, 0.05) is 25.0 Å². The van der Waals surface area contributed by atoms with Crippen LogP contribution in [0, 0.1) is 0 Å². The van der Waals surface area contributed by atoms with Crippen LogP contribution < -0.4 is 5.32 Å². The topological polar surface area (TPSA) is 84.9 Å². The van der Waals surface area contributed by atoms with E-state index in [1.807, 2.05) is 0 Å². The minimum absolute atomic E-state index is 0.138. The minimum atomic E-state index is -1.46. The van der Waals surface area contributed by atoms with Crippen molar-refractivity contribution in [3.63, 3.8) is 0 Å². The van der Waals surface area contributed by atoms with Crippen molar-refractivity contribution in [1.82, 2.24) is 5.32 Å². The van der Waals surface area contributed by atoms with E-state index in [0.717, 1.165) is 37.4 Å². The number of nitrogens with one attached hydrogen (secondary N) is 1. The second-order valence-electron chi connectivity index (χ2n) is 7.80. The molecule has 3 saturated heterocycles. The third kappa shape index (κ3) is 5.60. The number of hydrogen-bond acceptors (Lipinski definition) is 6. The summed E-state index contributed by atoms with van der Waals surface area (Å²) in [5, 5.41) is 13.7. The first-order chi connectivity index (χ1) is 12.5. The summed E-state index contributed by atoms with van der Waals surface area (Å²) in [6, 6.07) is -0.453. The van der Waals surface area contributed by atoms with Crippen LogP contribution in [0.2, 0.25) is 0 Å². The number of carbonyl (C=O) groups excluding carboxylic acids is 2. The van der Waals surface area contributed by atoms with Crippen molar-refractivity contribution < 1.29 is 24.2 Å². The largest absolute Gasteiger partial charge is 0.462 e. The molecule has 2 N–H and O–H groups in total. The van der Waals surface area contributed by atoms with Gasteiger partial charge in [0.15, 0.2) is 5.79 Å². The summed E-state index contributed by atoms with van der Waals surface area (Å²) in [7, 11) is 0. The average molecular weight is 386 g/mol. The lowest BCUT2D eigenvalue weighted by molar-refractivity contribution is -0.284. The molecular formula is C19H31NO5S. The second-order valence-corrected chi connectivity index (χ2v) is 8.79. The van der Waals surface area contributed by atoms with Crippen LogP contribution in [0.1, 0.15) is 77.0 Å². The molecule has 0 radical (unpaired) electrons. The lowest BCUT2D eigenvalue weighted by Gasteiger charge is -2.43. The van der Waals surface area contributed by atoms with Crippen molar-refractivity contribution in [3.05, 3.63) is 0 Å². The number of fused-ring (bicyclic) bond motifs is 2. The molecule has 2 bridgehead atoms. The van der Waals surface area contributed by atoms with Gasteiger partial charge < -0.3 is 19.9 Å². The van der Waals surface area contributed by atoms with Gasteiger partial charge in [-0.1, -0.05) is 56.7 Å². The lowest BCUT2D eigenvalue weighted by Crippen LogP contribution is -2.58. The summed E-state index contributed by atoms with van der Waals surface area (Å²) in [4.78, 5) is 23.7. The summed E-state index contributed by atoms with van der Waals surface area (Å²) in [6.45, 7) is 0. The van der Waals surface area contributed by atoms with Crippen LogP contribution in [0.15, 0.2) is 0 Å². The highest BCUT2D eigenvalue weighted by atomic mass is 32.2. The van der Waals surface area contributed by atoms with E-state index in [2.05, 4.69) is 5.32 Å². The monoisotopic (exact) mass is 385 g/mol. The predicted molar refractivity (Wildman–Crippen MR) is 99.9 cm³/mol. The summed E-state index contributed by atoms with van der Waals surface area (Å²) in [5.74, 6) is -1.17. The fourth-order valence-electron chi connectivity index (χ4n) is 4.15. The van der Waals surface area contributed by atoms with Crippen LogP contribution >= 0.6 is 11.8 Å². The van der Waals surface area contributed by atoms with E-state index in [9.17, 15) is 14.7 Å². The van der Waals surface area contributed by atoms with Crippen molar-refractivity contribution >= 4 is 23.0 Å². The number of hydrogen-bond donors (Lipinski definition) is 2. The number of carbonyl (C=O) groups is 2. The molecule has 3 aliphatic rings. The molecule has 0 saturated carbocycles. The Hall–Kier alpha value is -0.790. The maximum atomic E-state index is 12.2. The fourth-order valence-corrected chi connectivity index (χ4v) is 5.04.